The van der Waals surface area contributed by atoms with Crippen LogP contribution in [-0.2, 0) is 32.4 Å². The van der Waals surface area contributed by atoms with Crippen molar-refractivity contribution in [1.82, 2.24) is 24.6 Å². The largest absolute Gasteiger partial charge is 0.378 e. The van der Waals surface area contributed by atoms with Gasteiger partial charge in [0.05, 0.1) is 50.2 Å². The second-order valence-corrected chi connectivity index (χ2v) is 8.93. The van der Waals surface area contributed by atoms with Crippen molar-refractivity contribution < 1.29 is 17.9 Å². The number of hydrogen-bond donors (Lipinski definition) is 2. The maximum Gasteiger partial charge on any atom is 0.152 e. The quantitative estimate of drug-likeness (QED) is 0.206. The summed E-state index contributed by atoms with van der Waals surface area (Å²) in [5.41, 5.74) is 0.845. The van der Waals surface area contributed by atoms with E-state index in [0.29, 0.717) is 52.6 Å². The molecule has 0 spiro atoms. The zero-order chi connectivity index (χ0) is 18.0. The predicted octanol–water partition coefficient (Wildman–Crippen LogP) is -0.376. The van der Waals surface area contributed by atoms with Gasteiger partial charge in [-0.25, -0.2) is 13.1 Å². The summed E-state index contributed by atoms with van der Waals surface area (Å²) in [6, 6.07) is 0. The molecule has 0 bridgehead atoms. The van der Waals surface area contributed by atoms with E-state index in [1.165, 1.54) is 11.0 Å². The van der Waals surface area contributed by atoms with Crippen molar-refractivity contribution in [2.45, 2.75) is 13.1 Å². The molecule has 144 valence electrons. The molecule has 1 aliphatic rings. The molecule has 0 aromatic carbocycles. The van der Waals surface area contributed by atoms with Crippen molar-refractivity contribution in [2.24, 2.45) is 0 Å². The van der Waals surface area contributed by atoms with Crippen molar-refractivity contribution >= 4 is 32.5 Å². The summed E-state index contributed by atoms with van der Waals surface area (Å²) in [7, 11) is -1.58. The normalized spacial score (nSPS) is 17.8. The molecule has 12 heteroatoms. The molecule has 0 unspecified atom stereocenters. The molecule has 1 saturated heterocycles. The standard InChI is InChI=1S/C13H25N5O4S3/c19-25(20)9-3-17(4-10-25)11-13-12-18(16-15-13)2-6-22-8-7-21-5-1-14-24-23/h12,14,23H,1-11H2. The second kappa shape index (κ2) is 11.4. The van der Waals surface area contributed by atoms with Crippen molar-refractivity contribution in [1.29, 1.82) is 0 Å². The number of hydrogen-bond acceptors (Lipinski definition) is 10. The van der Waals surface area contributed by atoms with Gasteiger partial charge in [-0.05, 0) is 11.0 Å². The van der Waals surface area contributed by atoms with Gasteiger partial charge in [0.25, 0.3) is 0 Å². The summed E-state index contributed by atoms with van der Waals surface area (Å²) in [4.78, 5) is 2.09. The number of nitrogens with zero attached hydrogens (tertiary/aromatic N) is 4. The number of rotatable bonds is 12. The lowest BCUT2D eigenvalue weighted by Gasteiger charge is -2.25. The second-order valence-electron chi connectivity index (χ2n) is 5.61. The molecule has 1 aliphatic heterocycles. The van der Waals surface area contributed by atoms with Crippen LogP contribution in [0.5, 0.6) is 0 Å². The van der Waals surface area contributed by atoms with Gasteiger partial charge in [0.2, 0.25) is 0 Å². The molecule has 2 rings (SSSR count). The van der Waals surface area contributed by atoms with Crippen LogP contribution in [-0.4, -0.2) is 85.9 Å². The Bertz CT molecular complexity index is 584. The Balaban J connectivity index is 1.54. The topological polar surface area (TPSA) is 98.6 Å². The minimum absolute atomic E-state index is 0.223. The molecule has 1 N–H and O–H groups in total. The van der Waals surface area contributed by atoms with Crippen molar-refractivity contribution in [3.63, 3.8) is 0 Å². The Morgan fingerprint density at radius 1 is 1.20 bits per heavy atom. The van der Waals surface area contributed by atoms with Crippen molar-refractivity contribution in [3.05, 3.63) is 11.9 Å². The fraction of sp³-hybridized carbons (Fsp3) is 0.846. The van der Waals surface area contributed by atoms with E-state index in [0.717, 1.165) is 12.2 Å². The Kier molecular flexibility index (Phi) is 9.52. The molecular formula is C13H25N5O4S3. The molecule has 1 aromatic heterocycles. The van der Waals surface area contributed by atoms with E-state index >= 15 is 0 Å². The first-order valence-corrected chi connectivity index (χ1v) is 11.8. The zero-order valence-electron chi connectivity index (χ0n) is 14.0. The lowest BCUT2D eigenvalue weighted by atomic mass is 10.4. The van der Waals surface area contributed by atoms with Gasteiger partial charge in [-0.3, -0.25) is 9.62 Å². The maximum absolute atomic E-state index is 11.4. The third-order valence-corrected chi connectivity index (χ3v) is 5.99. The summed E-state index contributed by atoms with van der Waals surface area (Å²) in [5.74, 6) is 0.446. The average Bonchev–Trinajstić information content (AvgIpc) is 3.03. The van der Waals surface area contributed by atoms with Crippen LogP contribution in [0.1, 0.15) is 5.69 Å². The third kappa shape index (κ3) is 8.71. The summed E-state index contributed by atoms with van der Waals surface area (Å²) < 4.78 is 38.4. The first-order valence-electron chi connectivity index (χ1n) is 8.09. The minimum Gasteiger partial charge on any atom is -0.378 e. The van der Waals surface area contributed by atoms with Crippen LogP contribution >= 0.6 is 22.6 Å². The predicted molar refractivity (Wildman–Crippen MR) is 100 cm³/mol. The van der Waals surface area contributed by atoms with Crippen molar-refractivity contribution in [2.75, 3.05) is 57.6 Å². The SMILES string of the molecule is O=S1(=O)CCN(Cc2cn(CCOCCOCCNSS)nn2)CC1. The summed E-state index contributed by atoms with van der Waals surface area (Å²) in [5, 5.41) is 8.20. The summed E-state index contributed by atoms with van der Waals surface area (Å²) in [6.07, 6.45) is 1.88. The third-order valence-electron chi connectivity index (χ3n) is 3.66. The Labute approximate surface area is 157 Å². The Morgan fingerprint density at radius 3 is 2.64 bits per heavy atom. The number of sulfone groups is 1. The van der Waals surface area contributed by atoms with Gasteiger partial charge in [-0.1, -0.05) is 16.9 Å². The van der Waals surface area contributed by atoms with Crippen molar-refractivity contribution in [3.8, 4) is 0 Å². The lowest BCUT2D eigenvalue weighted by molar-refractivity contribution is 0.0461. The lowest BCUT2D eigenvalue weighted by Crippen LogP contribution is -2.39. The van der Waals surface area contributed by atoms with Gasteiger partial charge < -0.3 is 9.47 Å². The van der Waals surface area contributed by atoms with E-state index in [9.17, 15) is 8.42 Å². The van der Waals surface area contributed by atoms with Crippen LogP contribution in [0.4, 0.5) is 0 Å². The van der Waals surface area contributed by atoms with Gasteiger partial charge in [0, 0.05) is 32.4 Å². The van der Waals surface area contributed by atoms with Crippen LogP contribution in [0.2, 0.25) is 0 Å². The highest BCUT2D eigenvalue weighted by Gasteiger charge is 2.22. The minimum atomic E-state index is -2.85. The van der Waals surface area contributed by atoms with Crippen LogP contribution in [0.3, 0.4) is 0 Å². The van der Waals surface area contributed by atoms with Crippen LogP contribution in [0.25, 0.3) is 0 Å². The monoisotopic (exact) mass is 411 g/mol. The molecule has 9 nitrogen and oxygen atoms in total. The fourth-order valence-corrected chi connectivity index (χ4v) is 4.02. The first kappa shape index (κ1) is 20.9. The summed E-state index contributed by atoms with van der Waals surface area (Å²) in [6.45, 7) is 5.37. The fourth-order valence-electron chi connectivity index (χ4n) is 2.30. The van der Waals surface area contributed by atoms with Gasteiger partial charge in [0.1, 0.15) is 0 Å². The van der Waals surface area contributed by atoms with Gasteiger partial charge in [-0.15, -0.1) is 5.10 Å². The van der Waals surface area contributed by atoms with E-state index in [1.54, 1.807) is 4.68 Å². The molecule has 2 heterocycles. The molecule has 0 amide bonds. The van der Waals surface area contributed by atoms with E-state index in [-0.39, 0.29) is 11.5 Å². The molecule has 0 aliphatic carbocycles. The molecular weight excluding hydrogens is 386 g/mol. The van der Waals surface area contributed by atoms with Crippen LogP contribution < -0.4 is 4.72 Å². The van der Waals surface area contributed by atoms with Gasteiger partial charge in [-0.2, -0.15) is 0 Å². The van der Waals surface area contributed by atoms with E-state index in [4.69, 9.17) is 9.47 Å². The smallest absolute Gasteiger partial charge is 0.152 e. The van der Waals surface area contributed by atoms with E-state index in [1.807, 2.05) is 6.20 Å². The Morgan fingerprint density at radius 2 is 1.92 bits per heavy atom. The molecule has 1 fully saturated rings. The molecule has 0 atom stereocenters. The van der Waals surface area contributed by atoms with Crippen LogP contribution in [0, 0.1) is 0 Å². The molecule has 0 radical (unpaired) electrons. The highest BCUT2D eigenvalue weighted by atomic mass is 33.1. The van der Waals surface area contributed by atoms with Gasteiger partial charge in [0.15, 0.2) is 9.84 Å². The molecule has 25 heavy (non-hydrogen) atoms. The van der Waals surface area contributed by atoms with Gasteiger partial charge >= 0.3 is 0 Å². The average molecular weight is 412 g/mol. The molecule has 1 aromatic rings. The maximum atomic E-state index is 11.4. The highest BCUT2D eigenvalue weighted by Crippen LogP contribution is 2.07. The first-order chi connectivity index (χ1) is 12.1. The summed E-state index contributed by atoms with van der Waals surface area (Å²) >= 11 is 3.96. The number of thiol groups is 1. The number of ether oxygens (including phenoxy) is 2. The Hall–Kier alpha value is -0.370. The van der Waals surface area contributed by atoms with E-state index in [2.05, 4.69) is 31.6 Å². The number of nitrogens with one attached hydrogen (secondary N) is 1. The molecule has 0 saturated carbocycles. The highest BCUT2D eigenvalue weighted by molar-refractivity contribution is 8.67. The van der Waals surface area contributed by atoms with E-state index < -0.39 is 9.84 Å². The zero-order valence-corrected chi connectivity index (χ0v) is 16.6. The van der Waals surface area contributed by atoms with Crippen LogP contribution in [0.15, 0.2) is 6.20 Å². The number of aromatic nitrogens is 3.